The molecule has 0 atom stereocenters. The van der Waals surface area contributed by atoms with E-state index in [1.807, 2.05) is 53.4 Å². The molecule has 1 saturated carbocycles. The maximum atomic E-state index is 13.3. The lowest BCUT2D eigenvalue weighted by Gasteiger charge is -2.36. The van der Waals surface area contributed by atoms with E-state index < -0.39 is 5.41 Å². The number of halogens is 1. The molecular weight excluding hydrogens is 426 g/mol. The number of carbonyl (C=O) groups is 2. The number of hydrogen-bond acceptors (Lipinski definition) is 4. The van der Waals surface area contributed by atoms with Gasteiger partial charge in [0.05, 0.1) is 19.1 Å². The summed E-state index contributed by atoms with van der Waals surface area (Å²) in [4.78, 5) is 30.2. The molecule has 0 radical (unpaired) electrons. The van der Waals surface area contributed by atoms with Crippen molar-refractivity contribution in [1.29, 1.82) is 0 Å². The fourth-order valence-electron chi connectivity index (χ4n) is 4.85. The van der Waals surface area contributed by atoms with Crippen molar-refractivity contribution in [3.8, 4) is 5.75 Å². The lowest BCUT2D eigenvalue weighted by Crippen LogP contribution is -2.52. The summed E-state index contributed by atoms with van der Waals surface area (Å²) in [7, 11) is 1.63. The van der Waals surface area contributed by atoms with Crippen molar-refractivity contribution in [2.75, 3.05) is 44.7 Å². The second-order valence-electron chi connectivity index (χ2n) is 8.55. The SMILES string of the molecule is COc1cccc(C2(C(=O)NCC(=O)N3CCN(c4ccc(Cl)cc4)CC3)CCCC2)c1. The first-order chi connectivity index (χ1) is 15.5. The predicted molar refractivity (Wildman–Crippen MR) is 126 cm³/mol. The summed E-state index contributed by atoms with van der Waals surface area (Å²) in [6.45, 7) is 2.83. The largest absolute Gasteiger partial charge is 0.497 e. The molecule has 1 aliphatic carbocycles. The highest BCUT2D eigenvalue weighted by molar-refractivity contribution is 6.30. The number of carbonyl (C=O) groups excluding carboxylic acids is 2. The maximum absolute atomic E-state index is 13.3. The first-order valence-electron chi connectivity index (χ1n) is 11.2. The van der Waals surface area contributed by atoms with Gasteiger partial charge < -0.3 is 19.9 Å². The minimum atomic E-state index is -0.581. The molecule has 32 heavy (non-hydrogen) atoms. The van der Waals surface area contributed by atoms with Crippen molar-refractivity contribution in [2.24, 2.45) is 0 Å². The zero-order valence-corrected chi connectivity index (χ0v) is 19.2. The first-order valence-corrected chi connectivity index (χ1v) is 11.6. The minimum absolute atomic E-state index is 0.0332. The Morgan fingerprint density at radius 3 is 2.38 bits per heavy atom. The molecule has 2 fully saturated rings. The fraction of sp³-hybridized carbons (Fsp3) is 0.440. The van der Waals surface area contributed by atoms with Crippen LogP contribution in [-0.2, 0) is 15.0 Å². The van der Waals surface area contributed by atoms with Gasteiger partial charge in [-0.2, -0.15) is 0 Å². The number of rotatable bonds is 6. The Hall–Kier alpha value is -2.73. The molecule has 1 saturated heterocycles. The Labute approximate surface area is 194 Å². The molecule has 0 unspecified atom stereocenters. The Morgan fingerprint density at radius 1 is 1.03 bits per heavy atom. The van der Waals surface area contributed by atoms with Crippen LogP contribution in [0, 0.1) is 0 Å². The lowest BCUT2D eigenvalue weighted by molar-refractivity contribution is -0.134. The second kappa shape index (κ2) is 9.82. The molecule has 1 aliphatic heterocycles. The Morgan fingerprint density at radius 2 is 1.72 bits per heavy atom. The highest BCUT2D eigenvalue weighted by Gasteiger charge is 2.43. The number of hydrogen-bond donors (Lipinski definition) is 1. The Bertz CT molecular complexity index is 949. The third-order valence-corrected chi connectivity index (χ3v) is 6.99. The van der Waals surface area contributed by atoms with Crippen LogP contribution < -0.4 is 15.0 Å². The van der Waals surface area contributed by atoms with Gasteiger partial charge in [0.2, 0.25) is 11.8 Å². The smallest absolute Gasteiger partial charge is 0.242 e. The van der Waals surface area contributed by atoms with Crippen molar-refractivity contribution in [3.63, 3.8) is 0 Å². The highest BCUT2D eigenvalue weighted by Crippen LogP contribution is 2.42. The van der Waals surface area contributed by atoms with E-state index in [0.717, 1.165) is 55.8 Å². The second-order valence-corrected chi connectivity index (χ2v) is 8.98. The van der Waals surface area contributed by atoms with Crippen LogP contribution in [-0.4, -0.2) is 56.5 Å². The van der Waals surface area contributed by atoms with Crippen LogP contribution >= 0.6 is 11.6 Å². The van der Waals surface area contributed by atoms with Gasteiger partial charge in [-0.15, -0.1) is 0 Å². The number of benzene rings is 2. The van der Waals surface area contributed by atoms with Crippen LogP contribution in [0.3, 0.4) is 0 Å². The average Bonchev–Trinajstić information content (AvgIpc) is 3.34. The van der Waals surface area contributed by atoms with Crippen molar-refractivity contribution in [1.82, 2.24) is 10.2 Å². The van der Waals surface area contributed by atoms with Crippen molar-refractivity contribution in [2.45, 2.75) is 31.1 Å². The summed E-state index contributed by atoms with van der Waals surface area (Å²) in [6, 6.07) is 15.5. The van der Waals surface area contributed by atoms with Crippen molar-refractivity contribution < 1.29 is 14.3 Å². The number of anilines is 1. The molecule has 2 amide bonds. The molecule has 1 heterocycles. The number of nitrogens with one attached hydrogen (secondary N) is 1. The van der Waals surface area contributed by atoms with Crippen molar-refractivity contribution >= 4 is 29.1 Å². The molecule has 170 valence electrons. The molecule has 1 N–H and O–H groups in total. The van der Waals surface area contributed by atoms with Gasteiger partial charge in [0.15, 0.2) is 0 Å². The summed E-state index contributed by atoms with van der Waals surface area (Å²) in [5, 5.41) is 3.66. The Kier molecular flexibility index (Phi) is 6.89. The van der Waals surface area contributed by atoms with E-state index >= 15 is 0 Å². The number of piperazine rings is 1. The van der Waals surface area contributed by atoms with Gasteiger partial charge >= 0.3 is 0 Å². The fourth-order valence-corrected chi connectivity index (χ4v) is 4.97. The van der Waals surface area contributed by atoms with E-state index in [1.54, 1.807) is 7.11 Å². The molecule has 7 heteroatoms. The third-order valence-electron chi connectivity index (χ3n) is 6.74. The number of methoxy groups -OCH3 is 1. The molecule has 2 aliphatic rings. The Balaban J connectivity index is 1.34. The van der Waals surface area contributed by atoms with Crippen LogP contribution in [0.1, 0.15) is 31.2 Å². The maximum Gasteiger partial charge on any atom is 0.242 e. The zero-order chi connectivity index (χ0) is 22.6. The normalized spacial score (nSPS) is 17.8. The molecule has 6 nitrogen and oxygen atoms in total. The standard InChI is InChI=1S/C25H30ClN3O3/c1-32-22-6-4-5-19(17-22)25(11-2-3-12-25)24(31)27-18-23(30)29-15-13-28(14-16-29)21-9-7-20(26)8-10-21/h4-10,17H,2-3,11-16,18H2,1H3,(H,27,31). The van der Waals surface area contributed by atoms with Gasteiger partial charge in [-0.3, -0.25) is 9.59 Å². The van der Waals surface area contributed by atoms with Crippen LogP contribution in [0.2, 0.25) is 5.02 Å². The molecule has 2 aromatic carbocycles. The van der Waals surface area contributed by atoms with Crippen LogP contribution in [0.25, 0.3) is 0 Å². The number of ether oxygens (including phenoxy) is 1. The molecule has 0 bridgehead atoms. The summed E-state index contributed by atoms with van der Waals surface area (Å²) < 4.78 is 5.36. The van der Waals surface area contributed by atoms with Crippen molar-refractivity contribution in [3.05, 3.63) is 59.1 Å². The predicted octanol–water partition coefficient (Wildman–Crippen LogP) is 3.63. The van der Waals surface area contributed by atoms with Gasteiger partial charge in [0.25, 0.3) is 0 Å². The average molecular weight is 456 g/mol. The summed E-state index contributed by atoms with van der Waals surface area (Å²) in [6.07, 6.45) is 3.59. The van der Waals surface area contributed by atoms with Crippen LogP contribution in [0.15, 0.2) is 48.5 Å². The monoisotopic (exact) mass is 455 g/mol. The van der Waals surface area contributed by atoms with Gasteiger partial charge in [-0.05, 0) is 54.8 Å². The quantitative estimate of drug-likeness (QED) is 0.722. The molecule has 0 aromatic heterocycles. The van der Waals surface area contributed by atoms with E-state index in [-0.39, 0.29) is 18.4 Å². The highest BCUT2D eigenvalue weighted by atomic mass is 35.5. The molecule has 2 aromatic rings. The topological polar surface area (TPSA) is 61.9 Å². The van der Waals surface area contributed by atoms with E-state index in [2.05, 4.69) is 10.2 Å². The number of nitrogens with zero attached hydrogens (tertiary/aromatic N) is 2. The minimum Gasteiger partial charge on any atom is -0.497 e. The van der Waals surface area contributed by atoms with E-state index in [4.69, 9.17) is 16.3 Å². The molecular formula is C25H30ClN3O3. The van der Waals surface area contributed by atoms with E-state index in [1.165, 1.54) is 0 Å². The van der Waals surface area contributed by atoms with Crippen LogP contribution in [0.4, 0.5) is 5.69 Å². The molecule has 0 spiro atoms. The molecule has 4 rings (SSSR count). The van der Waals surface area contributed by atoms with Gasteiger partial charge in [0, 0.05) is 36.9 Å². The van der Waals surface area contributed by atoms with Gasteiger partial charge in [-0.25, -0.2) is 0 Å². The summed E-state index contributed by atoms with van der Waals surface area (Å²) in [5.74, 6) is 0.653. The third kappa shape index (κ3) is 4.70. The zero-order valence-electron chi connectivity index (χ0n) is 18.5. The van der Waals surface area contributed by atoms with E-state index in [0.29, 0.717) is 18.1 Å². The summed E-state index contributed by atoms with van der Waals surface area (Å²) in [5.41, 5.74) is 1.49. The summed E-state index contributed by atoms with van der Waals surface area (Å²) >= 11 is 5.97. The van der Waals surface area contributed by atoms with Gasteiger partial charge in [-0.1, -0.05) is 36.6 Å². The number of amides is 2. The van der Waals surface area contributed by atoms with E-state index in [9.17, 15) is 9.59 Å². The van der Waals surface area contributed by atoms with Gasteiger partial charge in [0.1, 0.15) is 5.75 Å². The first kappa shape index (κ1) is 22.5. The lowest BCUT2D eigenvalue weighted by atomic mass is 9.78. The van der Waals surface area contributed by atoms with Crippen LogP contribution in [0.5, 0.6) is 5.75 Å².